The van der Waals surface area contributed by atoms with E-state index in [2.05, 4.69) is 15.6 Å². The van der Waals surface area contributed by atoms with Gasteiger partial charge in [0.15, 0.2) is 0 Å². The third kappa shape index (κ3) is 2.88. The zero-order chi connectivity index (χ0) is 10.4. The van der Waals surface area contributed by atoms with Crippen molar-refractivity contribution in [1.82, 2.24) is 4.98 Å². The second-order valence-corrected chi connectivity index (χ2v) is 3.11. The molecule has 1 atom stereocenters. The molecule has 0 aromatic carbocycles. The molecule has 0 fully saturated rings. The van der Waals surface area contributed by atoms with Crippen molar-refractivity contribution in [2.45, 2.75) is 19.4 Å². The topological polar surface area (TPSA) is 57.2 Å². The lowest BCUT2D eigenvalue weighted by molar-refractivity contribution is 0.272. The number of aromatic nitrogens is 1. The van der Waals surface area contributed by atoms with Gasteiger partial charge in [-0.05, 0) is 12.5 Å². The smallest absolute Gasteiger partial charge is 0.127 e. The molecule has 1 rings (SSSR count). The Bertz CT molecular complexity index is 274. The van der Waals surface area contributed by atoms with Gasteiger partial charge in [-0.25, -0.2) is 4.98 Å². The first kappa shape index (κ1) is 10.8. The molecule has 1 unspecified atom stereocenters. The molecule has 0 amide bonds. The number of hydrogen-bond acceptors (Lipinski definition) is 4. The van der Waals surface area contributed by atoms with E-state index in [1.54, 1.807) is 6.20 Å². The van der Waals surface area contributed by atoms with Gasteiger partial charge >= 0.3 is 0 Å². The molecule has 1 heterocycles. The predicted molar refractivity (Wildman–Crippen MR) is 58.6 cm³/mol. The minimum atomic E-state index is 0.113. The summed E-state index contributed by atoms with van der Waals surface area (Å²) in [4.78, 5) is 4.10. The van der Waals surface area contributed by atoms with Crippen LogP contribution in [0.4, 0.5) is 11.5 Å². The average molecular weight is 195 g/mol. The SMILES string of the molecule is CCC(CO)Nc1ccnc(NC)c1. The van der Waals surface area contributed by atoms with E-state index in [1.165, 1.54) is 0 Å². The Labute approximate surface area is 84.4 Å². The number of aliphatic hydroxyl groups excluding tert-OH is 1. The van der Waals surface area contributed by atoms with Crippen molar-refractivity contribution in [1.29, 1.82) is 0 Å². The molecule has 4 heteroatoms. The lowest BCUT2D eigenvalue weighted by atomic mass is 10.2. The van der Waals surface area contributed by atoms with E-state index < -0.39 is 0 Å². The van der Waals surface area contributed by atoms with Gasteiger partial charge < -0.3 is 15.7 Å². The normalized spacial score (nSPS) is 12.2. The van der Waals surface area contributed by atoms with Gasteiger partial charge in [-0.3, -0.25) is 0 Å². The molecule has 14 heavy (non-hydrogen) atoms. The summed E-state index contributed by atoms with van der Waals surface area (Å²) in [5, 5.41) is 15.2. The fourth-order valence-electron chi connectivity index (χ4n) is 1.17. The molecule has 1 aromatic heterocycles. The van der Waals surface area contributed by atoms with Crippen LogP contribution >= 0.6 is 0 Å². The molecule has 0 saturated heterocycles. The molecule has 3 N–H and O–H groups in total. The van der Waals surface area contributed by atoms with Crippen LogP contribution in [0.1, 0.15) is 13.3 Å². The highest BCUT2D eigenvalue weighted by molar-refractivity contribution is 5.52. The Morgan fingerprint density at radius 2 is 2.36 bits per heavy atom. The predicted octanol–water partition coefficient (Wildman–Crippen LogP) is 1.31. The first-order valence-corrected chi connectivity index (χ1v) is 4.81. The van der Waals surface area contributed by atoms with Crippen LogP contribution in [0.5, 0.6) is 0 Å². The zero-order valence-corrected chi connectivity index (χ0v) is 8.62. The highest BCUT2D eigenvalue weighted by Gasteiger charge is 2.03. The highest BCUT2D eigenvalue weighted by Crippen LogP contribution is 2.12. The lowest BCUT2D eigenvalue weighted by Gasteiger charge is -2.15. The van der Waals surface area contributed by atoms with Gasteiger partial charge in [0.1, 0.15) is 5.82 Å². The van der Waals surface area contributed by atoms with Gasteiger partial charge in [0.2, 0.25) is 0 Å². The molecular formula is C10H17N3O. The van der Waals surface area contributed by atoms with Gasteiger partial charge in [0, 0.05) is 31.0 Å². The largest absolute Gasteiger partial charge is 0.394 e. The maximum atomic E-state index is 9.02. The molecule has 4 nitrogen and oxygen atoms in total. The highest BCUT2D eigenvalue weighted by atomic mass is 16.3. The summed E-state index contributed by atoms with van der Waals surface area (Å²) < 4.78 is 0. The number of pyridine rings is 1. The Morgan fingerprint density at radius 3 is 2.93 bits per heavy atom. The van der Waals surface area contributed by atoms with Gasteiger partial charge in [0.05, 0.1) is 6.61 Å². The fourth-order valence-corrected chi connectivity index (χ4v) is 1.17. The van der Waals surface area contributed by atoms with Crippen LogP contribution in [-0.2, 0) is 0 Å². The number of nitrogens with one attached hydrogen (secondary N) is 2. The molecule has 0 radical (unpaired) electrons. The van der Waals surface area contributed by atoms with Crippen LogP contribution in [0.25, 0.3) is 0 Å². The van der Waals surface area contributed by atoms with Crippen LogP contribution in [0.2, 0.25) is 0 Å². The van der Waals surface area contributed by atoms with Gasteiger partial charge in [-0.2, -0.15) is 0 Å². The van der Waals surface area contributed by atoms with E-state index in [1.807, 2.05) is 26.1 Å². The molecule has 0 aliphatic rings. The Hall–Kier alpha value is -1.29. The Balaban J connectivity index is 2.65. The molecule has 0 bridgehead atoms. The van der Waals surface area contributed by atoms with Gasteiger partial charge in [-0.1, -0.05) is 6.92 Å². The van der Waals surface area contributed by atoms with Crippen molar-refractivity contribution in [2.75, 3.05) is 24.3 Å². The van der Waals surface area contributed by atoms with Crippen molar-refractivity contribution in [2.24, 2.45) is 0 Å². The summed E-state index contributed by atoms with van der Waals surface area (Å²) >= 11 is 0. The molecule has 0 spiro atoms. The van der Waals surface area contributed by atoms with Gasteiger partial charge in [-0.15, -0.1) is 0 Å². The maximum absolute atomic E-state index is 9.02. The average Bonchev–Trinajstić information content (AvgIpc) is 2.26. The molecule has 0 aliphatic heterocycles. The molecule has 1 aromatic rings. The molecule has 0 aliphatic carbocycles. The van der Waals surface area contributed by atoms with E-state index in [0.717, 1.165) is 17.9 Å². The number of hydrogen-bond donors (Lipinski definition) is 3. The van der Waals surface area contributed by atoms with Crippen molar-refractivity contribution in [3.63, 3.8) is 0 Å². The second-order valence-electron chi connectivity index (χ2n) is 3.11. The zero-order valence-electron chi connectivity index (χ0n) is 8.62. The van der Waals surface area contributed by atoms with E-state index in [0.29, 0.717) is 0 Å². The lowest BCUT2D eigenvalue weighted by Crippen LogP contribution is -2.22. The van der Waals surface area contributed by atoms with Crippen molar-refractivity contribution in [3.8, 4) is 0 Å². The number of anilines is 2. The van der Waals surface area contributed by atoms with Crippen LogP contribution in [-0.4, -0.2) is 29.8 Å². The van der Waals surface area contributed by atoms with E-state index >= 15 is 0 Å². The molecular weight excluding hydrogens is 178 g/mol. The standard InChI is InChI=1S/C10H17N3O/c1-3-8(7-14)13-9-4-5-12-10(6-9)11-2/h4-6,8,14H,3,7H2,1-2H3,(H2,11,12,13). The molecule has 78 valence electrons. The molecule has 0 saturated carbocycles. The number of nitrogens with zero attached hydrogens (tertiary/aromatic N) is 1. The first-order chi connectivity index (χ1) is 6.80. The van der Waals surface area contributed by atoms with E-state index in [4.69, 9.17) is 5.11 Å². The Kier molecular flexibility index (Phi) is 4.19. The summed E-state index contributed by atoms with van der Waals surface area (Å²) in [6, 6.07) is 3.92. The number of rotatable bonds is 5. The first-order valence-electron chi connectivity index (χ1n) is 4.81. The Morgan fingerprint density at radius 1 is 1.57 bits per heavy atom. The summed E-state index contributed by atoms with van der Waals surface area (Å²) in [6.07, 6.45) is 2.63. The summed E-state index contributed by atoms with van der Waals surface area (Å²) in [5.74, 6) is 0.822. The third-order valence-electron chi connectivity index (χ3n) is 2.10. The van der Waals surface area contributed by atoms with Gasteiger partial charge in [0.25, 0.3) is 0 Å². The number of aliphatic hydroxyl groups is 1. The summed E-state index contributed by atoms with van der Waals surface area (Å²) in [5.41, 5.74) is 0.977. The van der Waals surface area contributed by atoms with Crippen molar-refractivity contribution in [3.05, 3.63) is 18.3 Å². The minimum Gasteiger partial charge on any atom is -0.394 e. The van der Waals surface area contributed by atoms with Crippen LogP contribution in [0.3, 0.4) is 0 Å². The maximum Gasteiger partial charge on any atom is 0.127 e. The quantitative estimate of drug-likeness (QED) is 0.663. The minimum absolute atomic E-state index is 0.113. The van der Waals surface area contributed by atoms with Crippen molar-refractivity contribution >= 4 is 11.5 Å². The van der Waals surface area contributed by atoms with Crippen LogP contribution < -0.4 is 10.6 Å². The summed E-state index contributed by atoms with van der Waals surface area (Å²) in [6.45, 7) is 2.18. The van der Waals surface area contributed by atoms with E-state index in [9.17, 15) is 0 Å². The van der Waals surface area contributed by atoms with E-state index in [-0.39, 0.29) is 12.6 Å². The summed E-state index contributed by atoms with van der Waals surface area (Å²) in [7, 11) is 1.83. The fraction of sp³-hybridized carbons (Fsp3) is 0.500. The third-order valence-corrected chi connectivity index (χ3v) is 2.10. The van der Waals surface area contributed by atoms with Crippen LogP contribution in [0.15, 0.2) is 18.3 Å². The van der Waals surface area contributed by atoms with Crippen molar-refractivity contribution < 1.29 is 5.11 Å². The van der Waals surface area contributed by atoms with Crippen LogP contribution in [0, 0.1) is 0 Å². The second kappa shape index (κ2) is 5.44. The monoisotopic (exact) mass is 195 g/mol.